The van der Waals surface area contributed by atoms with Gasteiger partial charge >= 0.3 is 0 Å². The lowest BCUT2D eigenvalue weighted by Crippen LogP contribution is -2.03. The monoisotopic (exact) mass is 352 g/mol. The Morgan fingerprint density at radius 3 is 2.81 bits per heavy atom. The second-order valence-electron chi connectivity index (χ2n) is 5.23. The Morgan fingerprint density at radius 2 is 2.19 bits per heavy atom. The molecule has 0 bridgehead atoms. The van der Waals surface area contributed by atoms with Crippen LogP contribution in [0.2, 0.25) is 0 Å². The fourth-order valence-corrected chi connectivity index (χ4v) is 2.49. The first-order valence-corrected chi connectivity index (χ1v) is 7.78. The largest absolute Gasteiger partial charge is 0.404 e. The van der Waals surface area contributed by atoms with Gasteiger partial charge in [0.15, 0.2) is 5.78 Å². The van der Waals surface area contributed by atoms with Crippen molar-refractivity contribution in [2.75, 3.05) is 6.54 Å². The molecule has 0 atom stereocenters. The molecule has 21 heavy (non-hydrogen) atoms. The van der Waals surface area contributed by atoms with Crippen molar-refractivity contribution in [3.63, 3.8) is 0 Å². The van der Waals surface area contributed by atoms with Gasteiger partial charge in [-0.15, -0.1) is 0 Å². The summed E-state index contributed by atoms with van der Waals surface area (Å²) in [6.07, 6.45) is 6.62. The summed E-state index contributed by atoms with van der Waals surface area (Å²) in [4.78, 5) is 16.5. The number of Topliss-reactive ketones (excluding diaryl/α,β-unsaturated/α-hetero) is 1. The molecular formula is C16H18BrFN2O. The summed E-state index contributed by atoms with van der Waals surface area (Å²) in [5.41, 5.74) is 6.89. The lowest BCUT2D eigenvalue weighted by atomic mass is 10.0. The van der Waals surface area contributed by atoms with E-state index in [4.69, 9.17) is 5.73 Å². The number of ketones is 1. The van der Waals surface area contributed by atoms with Crippen LogP contribution in [0.5, 0.6) is 0 Å². The molecule has 0 saturated heterocycles. The van der Waals surface area contributed by atoms with E-state index in [1.807, 2.05) is 0 Å². The van der Waals surface area contributed by atoms with Gasteiger partial charge in [-0.25, -0.2) is 4.39 Å². The van der Waals surface area contributed by atoms with E-state index in [1.165, 1.54) is 37.2 Å². The van der Waals surface area contributed by atoms with Gasteiger partial charge in [0.2, 0.25) is 0 Å². The summed E-state index contributed by atoms with van der Waals surface area (Å²) < 4.78 is 13.5. The quantitative estimate of drug-likeness (QED) is 0.598. The molecule has 0 amide bonds. The number of carbonyl (C=O) groups excluding carboxylic acids is 1. The topological polar surface area (TPSA) is 55.4 Å². The Labute approximate surface area is 132 Å². The van der Waals surface area contributed by atoms with Crippen LogP contribution in [-0.4, -0.2) is 18.5 Å². The zero-order valence-electron chi connectivity index (χ0n) is 11.7. The second-order valence-corrected chi connectivity index (χ2v) is 6.08. The molecule has 1 saturated carbocycles. The van der Waals surface area contributed by atoms with Gasteiger partial charge in [-0.2, -0.15) is 0 Å². The molecule has 0 unspecified atom stereocenters. The third-order valence-electron chi connectivity index (χ3n) is 3.40. The number of carbonyl (C=O) groups is 1. The van der Waals surface area contributed by atoms with E-state index in [-0.39, 0.29) is 11.6 Å². The Hall–Kier alpha value is -1.49. The maximum Gasteiger partial charge on any atom is 0.164 e. The average molecular weight is 353 g/mol. The van der Waals surface area contributed by atoms with Crippen LogP contribution < -0.4 is 5.73 Å². The molecule has 0 spiro atoms. The number of nitrogens with zero attached hydrogens (tertiary/aromatic N) is 1. The Bertz CT molecular complexity index is 580. The molecule has 0 aliphatic heterocycles. The lowest BCUT2D eigenvalue weighted by Gasteiger charge is -2.04. The number of halogens is 2. The molecule has 0 aromatic heterocycles. The zero-order chi connectivity index (χ0) is 15.2. The minimum absolute atomic E-state index is 0.0446. The fourth-order valence-electron chi connectivity index (χ4n) is 1.92. The Balaban J connectivity index is 1.87. The minimum Gasteiger partial charge on any atom is -0.404 e. The van der Waals surface area contributed by atoms with Crippen LogP contribution in [0.25, 0.3) is 0 Å². The second kappa shape index (κ2) is 7.50. The molecule has 0 heterocycles. The molecular weight excluding hydrogens is 335 g/mol. The van der Waals surface area contributed by atoms with Gasteiger partial charge in [0.05, 0.1) is 0 Å². The van der Waals surface area contributed by atoms with Gasteiger partial charge in [-0.05, 0) is 71.1 Å². The first-order valence-electron chi connectivity index (χ1n) is 6.99. The van der Waals surface area contributed by atoms with Crippen LogP contribution in [0.15, 0.2) is 39.4 Å². The maximum absolute atomic E-state index is 13.0. The molecule has 2 rings (SSSR count). The molecule has 1 fully saturated rings. The van der Waals surface area contributed by atoms with Crippen molar-refractivity contribution in [1.82, 2.24) is 0 Å². The van der Waals surface area contributed by atoms with Crippen LogP contribution in [0.4, 0.5) is 4.39 Å². The highest BCUT2D eigenvalue weighted by molar-refractivity contribution is 9.10. The number of rotatable bonds is 7. The molecule has 112 valence electrons. The predicted molar refractivity (Wildman–Crippen MR) is 86.0 cm³/mol. The van der Waals surface area contributed by atoms with Gasteiger partial charge in [-0.3, -0.25) is 9.79 Å². The predicted octanol–water partition coefficient (Wildman–Crippen LogP) is 3.87. The normalized spacial score (nSPS) is 15.6. The van der Waals surface area contributed by atoms with Crippen molar-refractivity contribution in [1.29, 1.82) is 0 Å². The molecule has 1 aliphatic carbocycles. The summed E-state index contributed by atoms with van der Waals surface area (Å²) in [6, 6.07) is 4.08. The molecule has 0 radical (unpaired) electrons. The molecule has 5 heteroatoms. The van der Waals surface area contributed by atoms with Crippen LogP contribution in [0, 0.1) is 11.7 Å². The van der Waals surface area contributed by atoms with Crippen molar-refractivity contribution in [3.05, 3.63) is 45.8 Å². The fraction of sp³-hybridized carbons (Fsp3) is 0.375. The van der Waals surface area contributed by atoms with E-state index in [0.717, 1.165) is 18.0 Å². The lowest BCUT2D eigenvalue weighted by molar-refractivity contribution is 0.0982. The van der Waals surface area contributed by atoms with Crippen molar-refractivity contribution < 1.29 is 9.18 Å². The minimum atomic E-state index is -0.367. The molecule has 2 N–H and O–H groups in total. The van der Waals surface area contributed by atoms with Crippen molar-refractivity contribution in [2.45, 2.75) is 25.7 Å². The van der Waals surface area contributed by atoms with Crippen LogP contribution in [0.1, 0.15) is 36.0 Å². The van der Waals surface area contributed by atoms with E-state index in [2.05, 4.69) is 20.9 Å². The molecule has 1 aromatic carbocycles. The first-order chi connectivity index (χ1) is 10.1. The first kappa shape index (κ1) is 15.9. The van der Waals surface area contributed by atoms with Crippen molar-refractivity contribution >= 4 is 27.9 Å². The van der Waals surface area contributed by atoms with Crippen LogP contribution >= 0.6 is 15.9 Å². The summed E-state index contributed by atoms with van der Waals surface area (Å²) in [5.74, 6) is 0.321. The van der Waals surface area contributed by atoms with Gasteiger partial charge < -0.3 is 5.73 Å². The Kier molecular flexibility index (Phi) is 5.67. The van der Waals surface area contributed by atoms with Gasteiger partial charge in [-0.1, -0.05) is 0 Å². The highest BCUT2D eigenvalue weighted by Gasteiger charge is 2.19. The zero-order valence-corrected chi connectivity index (χ0v) is 13.3. The number of aliphatic imine (C=N–C) groups is 1. The summed E-state index contributed by atoms with van der Waals surface area (Å²) in [5, 5.41) is 0. The standard InChI is InChI=1S/C16H18BrFN2O/c17-15-7-13(18)4-5-14(15)16(21)6-3-12(8-19)10-20-9-11-1-2-11/h4-5,7-8,10-11H,1-3,6,9,19H2. The number of hydrogen-bond acceptors (Lipinski definition) is 3. The summed E-state index contributed by atoms with van der Waals surface area (Å²) in [7, 11) is 0. The van der Waals surface area contributed by atoms with Gasteiger partial charge in [0.25, 0.3) is 0 Å². The van der Waals surface area contributed by atoms with E-state index < -0.39 is 0 Å². The Morgan fingerprint density at radius 1 is 1.43 bits per heavy atom. The smallest absolute Gasteiger partial charge is 0.164 e. The number of hydrogen-bond donors (Lipinski definition) is 1. The average Bonchev–Trinajstić information content (AvgIpc) is 3.26. The summed E-state index contributed by atoms with van der Waals surface area (Å²) >= 11 is 3.21. The summed E-state index contributed by atoms with van der Waals surface area (Å²) in [6.45, 7) is 0.842. The van der Waals surface area contributed by atoms with E-state index in [9.17, 15) is 9.18 Å². The number of allylic oxidation sites excluding steroid dienone is 1. The third-order valence-corrected chi connectivity index (χ3v) is 4.06. The molecule has 3 nitrogen and oxygen atoms in total. The maximum atomic E-state index is 13.0. The highest BCUT2D eigenvalue weighted by Crippen LogP contribution is 2.28. The van der Waals surface area contributed by atoms with Gasteiger partial charge in [0.1, 0.15) is 5.82 Å². The van der Waals surface area contributed by atoms with Gasteiger partial charge in [0, 0.05) is 29.2 Å². The number of nitrogens with two attached hydrogens (primary N) is 1. The SMILES string of the molecule is NC=C(C=NCC1CC1)CCC(=O)c1ccc(F)cc1Br. The van der Waals surface area contributed by atoms with Crippen LogP contribution in [-0.2, 0) is 0 Å². The molecule has 1 aliphatic rings. The van der Waals surface area contributed by atoms with Crippen molar-refractivity contribution in [3.8, 4) is 0 Å². The molecule has 1 aromatic rings. The van der Waals surface area contributed by atoms with E-state index in [1.54, 1.807) is 6.21 Å². The van der Waals surface area contributed by atoms with Crippen molar-refractivity contribution in [2.24, 2.45) is 16.6 Å². The van der Waals surface area contributed by atoms with E-state index in [0.29, 0.717) is 22.9 Å². The van der Waals surface area contributed by atoms with Crippen LogP contribution in [0.3, 0.4) is 0 Å². The van der Waals surface area contributed by atoms with E-state index >= 15 is 0 Å². The highest BCUT2D eigenvalue weighted by atomic mass is 79.9. The third kappa shape index (κ3) is 5.08. The number of benzene rings is 1.